The number of nitrogens with two attached hydrogens (primary N) is 1. The summed E-state index contributed by atoms with van der Waals surface area (Å²) >= 11 is 0. The fourth-order valence-electron chi connectivity index (χ4n) is 3.91. The van der Waals surface area contributed by atoms with Gasteiger partial charge in [-0.1, -0.05) is 48.5 Å². The molecule has 0 heterocycles. The van der Waals surface area contributed by atoms with Gasteiger partial charge in [-0.05, 0) is 49.6 Å². The van der Waals surface area contributed by atoms with E-state index in [1.807, 2.05) is 68.4 Å². The zero-order chi connectivity index (χ0) is 27.6. The highest BCUT2D eigenvalue weighted by atomic mass is 16.5. The molecule has 0 fully saturated rings. The number of benzene rings is 2. The largest absolute Gasteiger partial charge is 0.497 e. The molecule has 2 unspecified atom stereocenters. The topological polar surface area (TPSA) is 105 Å². The number of hydrogen-bond donors (Lipinski definition) is 2. The molecular weight excluding hydrogens is 468 g/mol. The predicted molar refractivity (Wildman–Crippen MR) is 146 cm³/mol. The summed E-state index contributed by atoms with van der Waals surface area (Å²) in [5, 5.41) is 2.67. The molecular formula is C29H40N4O4. The monoisotopic (exact) mass is 508 g/mol. The van der Waals surface area contributed by atoms with Crippen LogP contribution in [0.25, 0.3) is 0 Å². The maximum atomic E-state index is 13.9. The molecule has 0 aliphatic rings. The van der Waals surface area contributed by atoms with Crippen LogP contribution in [-0.4, -0.2) is 73.4 Å². The van der Waals surface area contributed by atoms with Crippen molar-refractivity contribution in [1.29, 1.82) is 0 Å². The van der Waals surface area contributed by atoms with E-state index < -0.39 is 17.6 Å². The first-order valence-electron chi connectivity index (χ1n) is 12.3. The van der Waals surface area contributed by atoms with Crippen molar-refractivity contribution in [1.82, 2.24) is 15.1 Å². The summed E-state index contributed by atoms with van der Waals surface area (Å²) in [6.45, 7) is 3.75. The van der Waals surface area contributed by atoms with Crippen molar-refractivity contribution in [3.05, 3.63) is 77.9 Å². The molecule has 0 aromatic heterocycles. The molecule has 0 saturated heterocycles. The number of methoxy groups -OCH3 is 1. The average molecular weight is 509 g/mol. The Kier molecular flexibility index (Phi) is 10.9. The second kappa shape index (κ2) is 13.6. The number of nitrogens with one attached hydrogen (secondary N) is 1. The Balaban J connectivity index is 2.36. The molecule has 0 aliphatic carbocycles. The molecule has 0 spiro atoms. The van der Waals surface area contributed by atoms with Crippen molar-refractivity contribution >= 4 is 17.7 Å². The summed E-state index contributed by atoms with van der Waals surface area (Å²) in [5.41, 5.74) is 7.36. The summed E-state index contributed by atoms with van der Waals surface area (Å²) in [4.78, 5) is 42.6. The van der Waals surface area contributed by atoms with Crippen LogP contribution >= 0.6 is 0 Å². The van der Waals surface area contributed by atoms with Gasteiger partial charge in [0.05, 0.1) is 7.11 Å². The molecule has 0 bridgehead atoms. The van der Waals surface area contributed by atoms with Gasteiger partial charge in [-0.25, -0.2) is 0 Å². The van der Waals surface area contributed by atoms with Crippen LogP contribution in [0.5, 0.6) is 5.75 Å². The third-order valence-electron chi connectivity index (χ3n) is 6.23. The zero-order valence-electron chi connectivity index (χ0n) is 22.7. The highest BCUT2D eigenvalue weighted by molar-refractivity contribution is 5.95. The van der Waals surface area contributed by atoms with E-state index in [2.05, 4.69) is 5.32 Å². The summed E-state index contributed by atoms with van der Waals surface area (Å²) < 4.78 is 5.24. The van der Waals surface area contributed by atoms with Gasteiger partial charge in [0.25, 0.3) is 0 Å². The first-order chi connectivity index (χ1) is 17.5. The van der Waals surface area contributed by atoms with E-state index >= 15 is 0 Å². The Morgan fingerprint density at radius 1 is 0.946 bits per heavy atom. The third-order valence-corrected chi connectivity index (χ3v) is 6.23. The second-order valence-corrected chi connectivity index (χ2v) is 9.88. The quantitative estimate of drug-likeness (QED) is 0.429. The Labute approximate surface area is 220 Å². The molecule has 8 heteroatoms. The minimum Gasteiger partial charge on any atom is -0.497 e. The van der Waals surface area contributed by atoms with Gasteiger partial charge in [-0.2, -0.15) is 0 Å². The van der Waals surface area contributed by atoms with E-state index in [0.29, 0.717) is 18.6 Å². The van der Waals surface area contributed by atoms with E-state index in [4.69, 9.17) is 10.5 Å². The van der Waals surface area contributed by atoms with Gasteiger partial charge in [-0.15, -0.1) is 0 Å². The van der Waals surface area contributed by atoms with E-state index in [1.165, 1.54) is 15.9 Å². The number of carbonyl (C=O) groups excluding carboxylic acids is 3. The van der Waals surface area contributed by atoms with Gasteiger partial charge in [0.2, 0.25) is 17.7 Å². The molecule has 37 heavy (non-hydrogen) atoms. The normalized spacial score (nSPS) is 13.1. The number of nitrogens with zero attached hydrogens (tertiary/aromatic N) is 2. The SMILES string of the molecule is CNC(=O)C(Cc1ccccc1)N(C)C(=O)C(Cc1ccc(OC)cc1)N(C)C(=O)/C=C/CC(C)(C)N. The number of carbonyl (C=O) groups is 3. The standard InChI is InChI=1S/C29H40N4O4/c1-29(2,30)18-10-13-26(34)32(4)25(20-22-14-16-23(37-6)17-15-22)28(36)33(5)24(27(35)31-3)19-21-11-8-7-9-12-21/h7-17,24-25H,18-20,30H2,1-6H3,(H,31,35)/b13-10+. The number of ether oxygens (including phenoxy) is 1. The number of amides is 3. The third kappa shape index (κ3) is 9.06. The van der Waals surface area contributed by atoms with Crippen molar-refractivity contribution < 1.29 is 19.1 Å². The Bertz CT molecular complexity index is 1060. The molecule has 0 aliphatic heterocycles. The molecule has 2 aromatic rings. The molecule has 3 N–H and O–H groups in total. The lowest BCUT2D eigenvalue weighted by Crippen LogP contribution is -2.55. The Morgan fingerprint density at radius 2 is 1.51 bits per heavy atom. The predicted octanol–water partition coefficient (Wildman–Crippen LogP) is 2.56. The zero-order valence-corrected chi connectivity index (χ0v) is 22.7. The highest BCUT2D eigenvalue weighted by Gasteiger charge is 2.34. The fourth-order valence-corrected chi connectivity index (χ4v) is 3.91. The van der Waals surface area contributed by atoms with Gasteiger partial charge in [0.1, 0.15) is 17.8 Å². The maximum absolute atomic E-state index is 13.9. The number of hydrogen-bond acceptors (Lipinski definition) is 5. The van der Waals surface area contributed by atoms with Gasteiger partial charge in [-0.3, -0.25) is 14.4 Å². The van der Waals surface area contributed by atoms with Crippen LogP contribution in [0, 0.1) is 0 Å². The van der Waals surface area contributed by atoms with Crippen LogP contribution in [0.3, 0.4) is 0 Å². The van der Waals surface area contributed by atoms with E-state index in [1.54, 1.807) is 34.3 Å². The fraction of sp³-hybridized carbons (Fsp3) is 0.414. The van der Waals surface area contributed by atoms with Gasteiger partial charge in [0.15, 0.2) is 0 Å². The molecule has 0 saturated carbocycles. The van der Waals surface area contributed by atoms with Crippen LogP contribution in [0.4, 0.5) is 0 Å². The minimum absolute atomic E-state index is 0.275. The van der Waals surface area contributed by atoms with Gasteiger partial charge < -0.3 is 25.6 Å². The van der Waals surface area contributed by atoms with E-state index in [9.17, 15) is 14.4 Å². The Morgan fingerprint density at radius 3 is 2.05 bits per heavy atom. The van der Waals surface area contributed by atoms with Crippen LogP contribution in [0.2, 0.25) is 0 Å². The van der Waals surface area contributed by atoms with Crippen molar-refractivity contribution in [2.24, 2.45) is 5.73 Å². The lowest BCUT2D eigenvalue weighted by atomic mass is 10.00. The van der Waals surface area contributed by atoms with E-state index in [-0.39, 0.29) is 24.1 Å². The molecule has 200 valence electrons. The smallest absolute Gasteiger partial charge is 0.246 e. The lowest BCUT2D eigenvalue weighted by molar-refractivity contribution is -0.146. The van der Waals surface area contributed by atoms with Crippen molar-refractivity contribution in [2.75, 3.05) is 28.3 Å². The van der Waals surface area contributed by atoms with Gasteiger partial charge in [0, 0.05) is 39.5 Å². The van der Waals surface area contributed by atoms with Crippen LogP contribution in [0.1, 0.15) is 31.4 Å². The maximum Gasteiger partial charge on any atom is 0.246 e. The lowest BCUT2D eigenvalue weighted by Gasteiger charge is -2.34. The van der Waals surface area contributed by atoms with Crippen LogP contribution in [0.15, 0.2) is 66.7 Å². The molecule has 2 atom stereocenters. The summed E-state index contributed by atoms with van der Waals surface area (Å²) in [5.74, 6) is -0.224. The molecule has 2 rings (SSSR count). The minimum atomic E-state index is -0.829. The Hall–Kier alpha value is -3.65. The second-order valence-electron chi connectivity index (χ2n) is 9.88. The van der Waals surface area contributed by atoms with Crippen LogP contribution in [-0.2, 0) is 27.2 Å². The van der Waals surface area contributed by atoms with Gasteiger partial charge >= 0.3 is 0 Å². The number of likely N-dealkylation sites (N-methyl/N-ethyl adjacent to an activating group) is 3. The summed E-state index contributed by atoms with van der Waals surface area (Å²) in [7, 11) is 6.35. The summed E-state index contributed by atoms with van der Waals surface area (Å²) in [6.07, 6.45) is 4.31. The molecule has 8 nitrogen and oxygen atoms in total. The molecule has 3 amide bonds. The highest BCUT2D eigenvalue weighted by Crippen LogP contribution is 2.18. The first kappa shape index (κ1) is 29.6. The van der Waals surface area contributed by atoms with Crippen LogP contribution < -0.4 is 15.8 Å². The number of rotatable bonds is 12. The van der Waals surface area contributed by atoms with Crippen molar-refractivity contribution in [2.45, 2.75) is 50.7 Å². The van der Waals surface area contributed by atoms with E-state index in [0.717, 1.165) is 11.1 Å². The van der Waals surface area contributed by atoms with Crippen molar-refractivity contribution in [3.8, 4) is 5.75 Å². The summed E-state index contributed by atoms with van der Waals surface area (Å²) in [6, 6.07) is 15.3. The molecule has 0 radical (unpaired) electrons. The van der Waals surface area contributed by atoms with Crippen molar-refractivity contribution in [3.63, 3.8) is 0 Å². The average Bonchev–Trinajstić information content (AvgIpc) is 2.88. The molecule has 2 aromatic carbocycles. The first-order valence-corrected chi connectivity index (χ1v) is 12.3.